The third kappa shape index (κ3) is 3.69. The molecule has 2 aromatic rings. The summed E-state index contributed by atoms with van der Waals surface area (Å²) in [5.41, 5.74) is 3.13. The van der Waals surface area contributed by atoms with Gasteiger partial charge >= 0.3 is 6.02 Å². The van der Waals surface area contributed by atoms with Gasteiger partial charge in [0.25, 0.3) is 5.91 Å². The number of aromatic nitrogens is 2. The number of amidine groups is 1. The number of imidazole rings is 1. The Morgan fingerprint density at radius 2 is 1.97 bits per heavy atom. The molecule has 1 fully saturated rings. The molecule has 0 saturated carbocycles. The molecule has 1 saturated heterocycles. The number of hydrogen-bond acceptors (Lipinski definition) is 6. The van der Waals surface area contributed by atoms with Gasteiger partial charge in [0, 0.05) is 26.7 Å². The predicted octanol–water partition coefficient (Wildman–Crippen LogP) is 4.56. The molecule has 33 heavy (non-hydrogen) atoms. The van der Waals surface area contributed by atoms with Gasteiger partial charge in [-0.15, -0.1) is 5.06 Å². The zero-order valence-corrected chi connectivity index (χ0v) is 20.3. The highest BCUT2D eigenvalue weighted by molar-refractivity contribution is 6.34. The molecule has 3 aliphatic rings. The second kappa shape index (κ2) is 8.99. The van der Waals surface area contributed by atoms with Gasteiger partial charge in [-0.25, -0.2) is 9.98 Å². The average molecular weight is 471 g/mol. The lowest BCUT2D eigenvalue weighted by Crippen LogP contribution is -2.45. The fraction of sp³-hybridized carbons (Fsp3) is 0.542. The maximum absolute atomic E-state index is 13.3. The first-order valence-corrected chi connectivity index (χ1v) is 12.3. The number of fused-ring (bicyclic) bond motifs is 5. The summed E-state index contributed by atoms with van der Waals surface area (Å²) in [6.07, 6.45) is 6.76. The predicted molar refractivity (Wildman–Crippen MR) is 127 cm³/mol. The van der Waals surface area contributed by atoms with Gasteiger partial charge in [0.2, 0.25) is 0 Å². The van der Waals surface area contributed by atoms with Crippen LogP contribution in [0.5, 0.6) is 0 Å². The van der Waals surface area contributed by atoms with Gasteiger partial charge in [-0.3, -0.25) is 9.36 Å². The zero-order chi connectivity index (χ0) is 23.1. The van der Waals surface area contributed by atoms with Gasteiger partial charge in [0.05, 0.1) is 34.3 Å². The van der Waals surface area contributed by atoms with Crippen LogP contribution in [0.3, 0.4) is 0 Å². The number of nitrogens with zero attached hydrogens (tertiary/aromatic N) is 6. The molecule has 9 heteroatoms. The summed E-state index contributed by atoms with van der Waals surface area (Å²) in [5, 5.41) is 2.24. The molecule has 0 radical (unpaired) electrons. The van der Waals surface area contributed by atoms with Crippen molar-refractivity contribution in [2.75, 3.05) is 26.7 Å². The van der Waals surface area contributed by atoms with E-state index in [0.29, 0.717) is 23.2 Å². The molecule has 8 nitrogen and oxygen atoms in total. The number of hydroxylamine groups is 2. The Balaban J connectivity index is 1.54. The number of carbonyl (C=O) groups excluding carboxylic acids is 1. The van der Waals surface area contributed by atoms with Crippen LogP contribution in [-0.2, 0) is 4.84 Å². The van der Waals surface area contributed by atoms with Gasteiger partial charge in [-0.2, -0.15) is 0 Å². The van der Waals surface area contributed by atoms with Crippen LogP contribution in [0.15, 0.2) is 29.5 Å². The highest BCUT2D eigenvalue weighted by atomic mass is 35.5. The lowest BCUT2D eigenvalue weighted by atomic mass is 9.97. The lowest BCUT2D eigenvalue weighted by molar-refractivity contribution is -0.0703. The number of amides is 1. The minimum atomic E-state index is -0.361. The highest BCUT2D eigenvalue weighted by Crippen LogP contribution is 2.44. The minimum Gasteiger partial charge on any atom is -0.366 e. The molecule has 2 atom stereocenters. The van der Waals surface area contributed by atoms with Crippen molar-refractivity contribution in [3.05, 3.63) is 46.5 Å². The maximum Gasteiger partial charge on any atom is 0.309 e. The van der Waals surface area contributed by atoms with Crippen molar-refractivity contribution in [3.8, 4) is 5.69 Å². The number of aliphatic imine (C=N–C) groups is 1. The number of hydrogen-bond donors (Lipinski definition) is 0. The van der Waals surface area contributed by atoms with E-state index in [1.54, 1.807) is 17.5 Å². The van der Waals surface area contributed by atoms with Crippen LogP contribution in [0.2, 0.25) is 5.02 Å². The van der Waals surface area contributed by atoms with Crippen molar-refractivity contribution < 1.29 is 9.63 Å². The number of rotatable bonds is 7. The van der Waals surface area contributed by atoms with Crippen LogP contribution in [0.25, 0.3) is 5.69 Å². The Morgan fingerprint density at radius 3 is 2.64 bits per heavy atom. The molecular formula is C24H31ClN6O2. The molecule has 5 rings (SSSR count). The van der Waals surface area contributed by atoms with Crippen molar-refractivity contribution in [1.29, 1.82) is 0 Å². The first-order valence-electron chi connectivity index (χ1n) is 12.0. The third-order valence-corrected chi connectivity index (χ3v) is 7.09. The number of benzene rings is 1. The van der Waals surface area contributed by atoms with E-state index >= 15 is 0 Å². The van der Waals surface area contributed by atoms with E-state index in [0.717, 1.165) is 62.3 Å². The molecule has 1 unspecified atom stereocenters. The highest BCUT2D eigenvalue weighted by Gasteiger charge is 2.45. The second-order valence-corrected chi connectivity index (χ2v) is 9.35. The van der Waals surface area contributed by atoms with Gasteiger partial charge in [0.15, 0.2) is 6.17 Å². The van der Waals surface area contributed by atoms with Gasteiger partial charge in [-0.1, -0.05) is 44.4 Å². The van der Waals surface area contributed by atoms with E-state index in [1.807, 2.05) is 28.6 Å². The molecule has 4 heterocycles. The standard InChI is InChI=1S/C24H31ClN6O2/c1-4-6-12-29(13-7-5-2)24-27-22(28(3)33-24)20-21-18-11-14-30(18)23(32)19-16(25)9-8-10-17(19)31(21)15-26-20/h8-10,15,18,22H,4-7,11-14H2,1-3H3/t18-,22?/m0/s1. The van der Waals surface area contributed by atoms with Crippen LogP contribution in [0.1, 0.15) is 79.9 Å². The first-order chi connectivity index (χ1) is 16.0. The van der Waals surface area contributed by atoms with E-state index in [1.165, 1.54) is 0 Å². The van der Waals surface area contributed by atoms with E-state index in [4.69, 9.17) is 26.4 Å². The summed E-state index contributed by atoms with van der Waals surface area (Å²) in [4.78, 5) is 33.3. The molecule has 3 aliphatic heterocycles. The fourth-order valence-corrected chi connectivity index (χ4v) is 5.09. The molecule has 0 bridgehead atoms. The largest absolute Gasteiger partial charge is 0.366 e. The third-order valence-electron chi connectivity index (χ3n) is 6.78. The van der Waals surface area contributed by atoms with Crippen LogP contribution in [-0.4, -0.2) is 63.0 Å². The number of halogens is 1. The van der Waals surface area contributed by atoms with E-state index in [-0.39, 0.29) is 18.1 Å². The quantitative estimate of drug-likeness (QED) is 0.593. The Kier molecular flexibility index (Phi) is 6.05. The monoisotopic (exact) mass is 470 g/mol. The van der Waals surface area contributed by atoms with Crippen molar-refractivity contribution in [2.45, 2.75) is 58.2 Å². The Hall–Kier alpha value is -2.58. The maximum atomic E-state index is 13.3. The van der Waals surface area contributed by atoms with Gasteiger partial charge in [-0.05, 0) is 31.4 Å². The summed E-state index contributed by atoms with van der Waals surface area (Å²) in [5.74, 6) is -0.0213. The van der Waals surface area contributed by atoms with Crippen LogP contribution < -0.4 is 0 Å². The number of unbranched alkanes of at least 4 members (excludes halogenated alkanes) is 2. The fourth-order valence-electron chi connectivity index (χ4n) is 4.84. The van der Waals surface area contributed by atoms with E-state index in [2.05, 4.69) is 18.7 Å². The Bertz CT molecular complexity index is 1070. The number of carbonyl (C=O) groups is 1. The Morgan fingerprint density at radius 1 is 1.21 bits per heavy atom. The molecule has 176 valence electrons. The van der Waals surface area contributed by atoms with Gasteiger partial charge in [0.1, 0.15) is 5.69 Å². The van der Waals surface area contributed by atoms with E-state index < -0.39 is 0 Å². The summed E-state index contributed by atoms with van der Waals surface area (Å²) in [6.45, 7) is 6.95. The normalized spacial score (nSPS) is 21.5. The summed E-state index contributed by atoms with van der Waals surface area (Å²) >= 11 is 6.47. The molecular weight excluding hydrogens is 440 g/mol. The topological polar surface area (TPSA) is 66.2 Å². The van der Waals surface area contributed by atoms with Crippen molar-refractivity contribution >= 4 is 23.5 Å². The molecule has 1 amide bonds. The van der Waals surface area contributed by atoms with Gasteiger partial charge < -0.3 is 14.6 Å². The van der Waals surface area contributed by atoms with E-state index in [9.17, 15) is 4.79 Å². The first kappa shape index (κ1) is 22.2. The average Bonchev–Trinajstić information content (AvgIpc) is 3.34. The summed E-state index contributed by atoms with van der Waals surface area (Å²) in [7, 11) is 1.90. The van der Waals surface area contributed by atoms with Crippen LogP contribution >= 0.6 is 11.6 Å². The van der Waals surface area contributed by atoms with Crippen LogP contribution in [0.4, 0.5) is 0 Å². The minimum absolute atomic E-state index is 0.0213. The van der Waals surface area contributed by atoms with Crippen LogP contribution in [0, 0.1) is 0 Å². The molecule has 0 N–H and O–H groups in total. The molecule has 1 aromatic heterocycles. The molecule has 0 aliphatic carbocycles. The molecule has 0 spiro atoms. The summed E-state index contributed by atoms with van der Waals surface area (Å²) < 4.78 is 2.02. The van der Waals surface area contributed by atoms with Crippen molar-refractivity contribution in [3.63, 3.8) is 0 Å². The summed E-state index contributed by atoms with van der Waals surface area (Å²) in [6, 6.07) is 6.19. The zero-order valence-electron chi connectivity index (χ0n) is 19.5. The van der Waals surface area contributed by atoms with Crippen molar-refractivity contribution in [1.82, 2.24) is 24.4 Å². The van der Waals surface area contributed by atoms with Crippen molar-refractivity contribution in [2.24, 2.45) is 4.99 Å². The Labute approximate surface area is 199 Å². The molecule has 1 aromatic carbocycles. The second-order valence-electron chi connectivity index (χ2n) is 8.94. The smallest absolute Gasteiger partial charge is 0.309 e. The SMILES string of the molecule is CCCCN(CCCC)C1=NC(c2ncn3c2[C@@H]2CCN2C(=O)c2c(Cl)cccc2-3)N(C)O1. The lowest BCUT2D eigenvalue weighted by Gasteiger charge is -2.40.